The average Bonchev–Trinajstić information content (AvgIpc) is 2.53. The largest absolute Gasteiger partial charge is 0.422 e. The Bertz CT molecular complexity index is 887. The number of rotatable bonds is 3. The van der Waals surface area contributed by atoms with Crippen LogP contribution in [0.4, 0.5) is 0 Å². The summed E-state index contributed by atoms with van der Waals surface area (Å²) in [7, 11) is 0. The fourth-order valence-electron chi connectivity index (χ4n) is 2.13. The van der Waals surface area contributed by atoms with E-state index in [1.54, 1.807) is 18.2 Å². The van der Waals surface area contributed by atoms with Crippen LogP contribution in [0.2, 0.25) is 5.02 Å². The Morgan fingerprint density at radius 1 is 1.09 bits per heavy atom. The average molecular weight is 314 g/mol. The maximum absolute atomic E-state index is 12.2. The van der Waals surface area contributed by atoms with Gasteiger partial charge < -0.3 is 9.73 Å². The van der Waals surface area contributed by atoms with Gasteiger partial charge in [0.05, 0.1) is 0 Å². The lowest BCUT2D eigenvalue weighted by molar-refractivity contribution is 0.0947. The van der Waals surface area contributed by atoms with Crippen molar-refractivity contribution in [3.05, 3.63) is 81.2 Å². The van der Waals surface area contributed by atoms with E-state index in [-0.39, 0.29) is 5.56 Å². The van der Waals surface area contributed by atoms with E-state index >= 15 is 0 Å². The molecule has 0 aliphatic carbocycles. The highest BCUT2D eigenvalue weighted by Crippen LogP contribution is 2.18. The Balaban J connectivity index is 1.87. The maximum Gasteiger partial charge on any atom is 0.349 e. The van der Waals surface area contributed by atoms with E-state index in [1.165, 1.54) is 6.07 Å². The van der Waals surface area contributed by atoms with Gasteiger partial charge in [0.25, 0.3) is 5.91 Å². The molecule has 4 nitrogen and oxygen atoms in total. The third-order valence-corrected chi connectivity index (χ3v) is 3.47. The monoisotopic (exact) mass is 313 g/mol. The first-order valence-corrected chi connectivity index (χ1v) is 7.07. The number of hydrogen-bond donors (Lipinski definition) is 1. The first-order chi connectivity index (χ1) is 10.6. The first-order valence-electron chi connectivity index (χ1n) is 6.69. The number of carbonyl (C=O) groups is 1. The number of fused-ring (bicyclic) bond motifs is 1. The lowest BCUT2D eigenvalue weighted by Crippen LogP contribution is -2.27. The number of hydrogen-bond acceptors (Lipinski definition) is 3. The zero-order chi connectivity index (χ0) is 15.5. The Kier molecular flexibility index (Phi) is 3.94. The van der Waals surface area contributed by atoms with Crippen molar-refractivity contribution in [2.45, 2.75) is 6.54 Å². The topological polar surface area (TPSA) is 59.3 Å². The summed E-state index contributed by atoms with van der Waals surface area (Å²) in [5, 5.41) is 3.82. The van der Waals surface area contributed by atoms with Crippen LogP contribution in [0.3, 0.4) is 0 Å². The van der Waals surface area contributed by atoms with E-state index in [0.717, 1.165) is 5.56 Å². The van der Waals surface area contributed by atoms with Crippen molar-refractivity contribution < 1.29 is 9.21 Å². The maximum atomic E-state index is 12.2. The normalized spacial score (nSPS) is 10.6. The van der Waals surface area contributed by atoms with Gasteiger partial charge >= 0.3 is 5.63 Å². The smallest absolute Gasteiger partial charge is 0.349 e. The van der Waals surface area contributed by atoms with Crippen LogP contribution in [0.15, 0.2) is 63.8 Å². The predicted molar refractivity (Wildman–Crippen MR) is 85.1 cm³/mol. The molecule has 2 aromatic carbocycles. The van der Waals surface area contributed by atoms with Gasteiger partial charge in [0.15, 0.2) is 0 Å². The summed E-state index contributed by atoms with van der Waals surface area (Å²) >= 11 is 5.91. The number of benzene rings is 2. The van der Waals surface area contributed by atoms with Crippen molar-refractivity contribution in [3.8, 4) is 0 Å². The van der Waals surface area contributed by atoms with Crippen LogP contribution in [0.5, 0.6) is 0 Å². The molecule has 3 aromatic rings. The van der Waals surface area contributed by atoms with Gasteiger partial charge in [-0.25, -0.2) is 4.79 Å². The molecule has 1 amide bonds. The van der Waals surface area contributed by atoms with E-state index < -0.39 is 11.5 Å². The number of amides is 1. The molecule has 110 valence electrons. The van der Waals surface area contributed by atoms with E-state index in [0.29, 0.717) is 22.5 Å². The molecule has 0 bridgehead atoms. The molecule has 0 aliphatic heterocycles. The van der Waals surface area contributed by atoms with Gasteiger partial charge in [0.1, 0.15) is 11.1 Å². The van der Waals surface area contributed by atoms with E-state index in [4.69, 9.17) is 16.0 Å². The van der Waals surface area contributed by atoms with Crippen molar-refractivity contribution in [2.24, 2.45) is 0 Å². The standard InChI is InChI=1S/C17H12ClNO3/c18-13-6-7-15-12(8-13)9-14(17(21)22-15)16(20)19-10-11-4-2-1-3-5-11/h1-9H,10H2,(H,19,20). The molecule has 1 aromatic heterocycles. The fourth-order valence-corrected chi connectivity index (χ4v) is 2.31. The highest BCUT2D eigenvalue weighted by Gasteiger charge is 2.13. The molecule has 0 spiro atoms. The second kappa shape index (κ2) is 6.03. The van der Waals surface area contributed by atoms with Crippen molar-refractivity contribution in [1.29, 1.82) is 0 Å². The van der Waals surface area contributed by atoms with Crippen molar-refractivity contribution in [2.75, 3.05) is 0 Å². The highest BCUT2D eigenvalue weighted by atomic mass is 35.5. The van der Waals surface area contributed by atoms with Gasteiger partial charge in [0.2, 0.25) is 0 Å². The van der Waals surface area contributed by atoms with E-state index in [9.17, 15) is 9.59 Å². The minimum Gasteiger partial charge on any atom is -0.422 e. The van der Waals surface area contributed by atoms with Crippen LogP contribution in [0.1, 0.15) is 15.9 Å². The molecule has 0 unspecified atom stereocenters. The molecule has 0 saturated heterocycles. The SMILES string of the molecule is O=C(NCc1ccccc1)c1cc2cc(Cl)ccc2oc1=O. The van der Waals surface area contributed by atoms with Gasteiger partial charge in [-0.1, -0.05) is 41.9 Å². The number of nitrogens with one attached hydrogen (secondary N) is 1. The van der Waals surface area contributed by atoms with Crippen LogP contribution in [0.25, 0.3) is 11.0 Å². The third kappa shape index (κ3) is 3.02. The highest BCUT2D eigenvalue weighted by molar-refractivity contribution is 6.31. The van der Waals surface area contributed by atoms with Gasteiger partial charge in [-0.2, -0.15) is 0 Å². The molecule has 3 rings (SSSR count). The van der Waals surface area contributed by atoms with Gasteiger partial charge in [-0.15, -0.1) is 0 Å². The van der Waals surface area contributed by atoms with Crippen molar-refractivity contribution in [1.82, 2.24) is 5.32 Å². The zero-order valence-corrected chi connectivity index (χ0v) is 12.3. The van der Waals surface area contributed by atoms with Crippen LogP contribution >= 0.6 is 11.6 Å². The van der Waals surface area contributed by atoms with Crippen LogP contribution in [0, 0.1) is 0 Å². The lowest BCUT2D eigenvalue weighted by Gasteiger charge is -2.05. The molecule has 1 heterocycles. The molecule has 1 N–H and O–H groups in total. The quantitative estimate of drug-likeness (QED) is 0.754. The van der Waals surface area contributed by atoms with Crippen LogP contribution in [-0.2, 0) is 6.54 Å². The molecular weight excluding hydrogens is 302 g/mol. The molecule has 0 fully saturated rings. The summed E-state index contributed by atoms with van der Waals surface area (Å²) in [4.78, 5) is 24.1. The van der Waals surface area contributed by atoms with Crippen LogP contribution < -0.4 is 10.9 Å². The lowest BCUT2D eigenvalue weighted by atomic mass is 10.1. The summed E-state index contributed by atoms with van der Waals surface area (Å²) in [5.41, 5.74) is 0.643. The van der Waals surface area contributed by atoms with Crippen LogP contribution in [-0.4, -0.2) is 5.91 Å². The van der Waals surface area contributed by atoms with Gasteiger partial charge in [0, 0.05) is 17.0 Å². The minimum absolute atomic E-state index is 0.0364. The summed E-state index contributed by atoms with van der Waals surface area (Å²) < 4.78 is 5.15. The Morgan fingerprint density at radius 3 is 2.64 bits per heavy atom. The molecule has 22 heavy (non-hydrogen) atoms. The molecule has 0 radical (unpaired) electrons. The Morgan fingerprint density at radius 2 is 1.86 bits per heavy atom. The van der Waals surface area contributed by atoms with Crippen molar-refractivity contribution in [3.63, 3.8) is 0 Å². The first kappa shape index (κ1) is 14.4. The Hall–Kier alpha value is -2.59. The molecule has 0 aliphatic rings. The van der Waals surface area contributed by atoms with Gasteiger partial charge in [-0.3, -0.25) is 4.79 Å². The second-order valence-electron chi connectivity index (χ2n) is 4.80. The number of carbonyl (C=O) groups excluding carboxylic acids is 1. The predicted octanol–water partition coefficient (Wildman–Crippen LogP) is 3.38. The molecule has 5 heteroatoms. The Labute approximate surface area is 131 Å². The van der Waals surface area contributed by atoms with E-state index in [1.807, 2.05) is 30.3 Å². The summed E-state index contributed by atoms with van der Waals surface area (Å²) in [5.74, 6) is -0.473. The van der Waals surface area contributed by atoms with E-state index in [2.05, 4.69) is 5.32 Å². The summed E-state index contributed by atoms with van der Waals surface area (Å²) in [6, 6.07) is 15.8. The fraction of sp³-hybridized carbons (Fsp3) is 0.0588. The summed E-state index contributed by atoms with van der Waals surface area (Å²) in [6.07, 6.45) is 0. The van der Waals surface area contributed by atoms with Crippen molar-refractivity contribution >= 4 is 28.5 Å². The molecule has 0 atom stereocenters. The molecule has 0 saturated carbocycles. The number of halogens is 1. The zero-order valence-electron chi connectivity index (χ0n) is 11.5. The third-order valence-electron chi connectivity index (χ3n) is 3.23. The second-order valence-corrected chi connectivity index (χ2v) is 5.23. The minimum atomic E-state index is -0.666. The summed E-state index contributed by atoms with van der Waals surface area (Å²) in [6.45, 7) is 0.340. The molecular formula is C17H12ClNO3. The van der Waals surface area contributed by atoms with Gasteiger partial charge in [-0.05, 0) is 29.8 Å².